The van der Waals surface area contributed by atoms with Crippen LogP contribution in [0.3, 0.4) is 0 Å². The van der Waals surface area contributed by atoms with Crippen LogP contribution in [0.4, 0.5) is 0 Å². The molecule has 2 aromatic carbocycles. The van der Waals surface area contributed by atoms with Crippen LogP contribution in [0, 0.1) is 0 Å². The van der Waals surface area contributed by atoms with E-state index in [0.717, 1.165) is 25.4 Å². The van der Waals surface area contributed by atoms with Gasteiger partial charge in [0.15, 0.2) is 6.10 Å². The molecular weight excluding hydrogens is 352 g/mol. The number of methoxy groups -OCH3 is 1. The van der Waals surface area contributed by atoms with Crippen LogP contribution in [-0.4, -0.2) is 37.1 Å². The third kappa shape index (κ3) is 5.49. The van der Waals surface area contributed by atoms with Crippen molar-refractivity contribution in [2.45, 2.75) is 45.4 Å². The highest BCUT2D eigenvalue weighted by Crippen LogP contribution is 2.19. The zero-order valence-electron chi connectivity index (χ0n) is 16.8. The Morgan fingerprint density at radius 3 is 2.32 bits per heavy atom. The van der Waals surface area contributed by atoms with E-state index in [2.05, 4.69) is 28.4 Å². The maximum atomic E-state index is 12.7. The molecule has 0 bridgehead atoms. The predicted molar refractivity (Wildman–Crippen MR) is 111 cm³/mol. The summed E-state index contributed by atoms with van der Waals surface area (Å²) in [5.41, 5.74) is 2.45. The summed E-state index contributed by atoms with van der Waals surface area (Å²) in [5.74, 6) is 1.34. The minimum absolute atomic E-state index is 0.0886. The summed E-state index contributed by atoms with van der Waals surface area (Å²) in [6.07, 6.45) is 2.64. The van der Waals surface area contributed by atoms with E-state index < -0.39 is 6.10 Å². The van der Waals surface area contributed by atoms with E-state index in [0.29, 0.717) is 18.7 Å². The first-order valence-electron chi connectivity index (χ1n) is 10.1. The van der Waals surface area contributed by atoms with Crippen LogP contribution in [0.15, 0.2) is 48.5 Å². The molecule has 0 spiro atoms. The van der Waals surface area contributed by atoms with Gasteiger partial charge in [-0.1, -0.05) is 31.2 Å². The smallest absolute Gasteiger partial charge is 0.261 e. The van der Waals surface area contributed by atoms with Crippen molar-refractivity contribution in [1.82, 2.24) is 10.2 Å². The van der Waals surface area contributed by atoms with Crippen molar-refractivity contribution < 1.29 is 14.3 Å². The molecule has 1 heterocycles. The number of ether oxygens (including phenoxy) is 2. The van der Waals surface area contributed by atoms with Crippen LogP contribution in [0.1, 0.15) is 37.3 Å². The second-order valence-corrected chi connectivity index (χ2v) is 7.16. The predicted octanol–water partition coefficient (Wildman–Crippen LogP) is 3.76. The molecular formula is C23H30N2O3. The number of carbonyl (C=O) groups excluding carboxylic acids is 1. The Morgan fingerprint density at radius 2 is 1.68 bits per heavy atom. The lowest BCUT2D eigenvalue weighted by atomic mass is 10.1. The van der Waals surface area contributed by atoms with Crippen LogP contribution in [-0.2, 0) is 17.9 Å². The van der Waals surface area contributed by atoms with Crippen LogP contribution < -0.4 is 14.8 Å². The van der Waals surface area contributed by atoms with Gasteiger partial charge in [-0.2, -0.15) is 0 Å². The molecule has 0 saturated carbocycles. The minimum atomic E-state index is -0.515. The molecule has 1 aliphatic rings. The van der Waals surface area contributed by atoms with Gasteiger partial charge in [0.25, 0.3) is 5.91 Å². The van der Waals surface area contributed by atoms with E-state index in [1.807, 2.05) is 37.3 Å². The summed E-state index contributed by atoms with van der Waals surface area (Å²) < 4.78 is 11.0. The third-order valence-electron chi connectivity index (χ3n) is 5.17. The molecule has 0 aromatic heterocycles. The molecule has 1 saturated heterocycles. The number of carbonyl (C=O) groups is 1. The Bertz CT molecular complexity index is 755. The molecule has 1 aliphatic heterocycles. The number of hydrogen-bond acceptors (Lipinski definition) is 4. The summed E-state index contributed by atoms with van der Waals surface area (Å²) in [5, 5.41) is 3.05. The van der Waals surface area contributed by atoms with Crippen molar-refractivity contribution in [2.75, 3.05) is 20.2 Å². The number of nitrogens with one attached hydrogen (secondary N) is 1. The monoisotopic (exact) mass is 382 g/mol. The van der Waals surface area contributed by atoms with Gasteiger partial charge >= 0.3 is 0 Å². The zero-order chi connectivity index (χ0) is 19.8. The number of nitrogens with zero attached hydrogens (tertiary/aromatic N) is 1. The SMILES string of the molecule is CCC(Oc1ccc(OC)cc1)C(=O)NCc1ccccc1CN1CCCC1. The van der Waals surface area contributed by atoms with Crippen LogP contribution in [0.2, 0.25) is 0 Å². The molecule has 150 valence electrons. The van der Waals surface area contributed by atoms with Crippen LogP contribution >= 0.6 is 0 Å². The van der Waals surface area contributed by atoms with Crippen molar-refractivity contribution in [2.24, 2.45) is 0 Å². The fourth-order valence-corrected chi connectivity index (χ4v) is 3.50. The number of rotatable bonds is 9. The van der Waals surface area contributed by atoms with Crippen molar-refractivity contribution in [3.05, 3.63) is 59.7 Å². The maximum absolute atomic E-state index is 12.7. The average Bonchev–Trinajstić information content (AvgIpc) is 3.24. The van der Waals surface area contributed by atoms with E-state index in [1.165, 1.54) is 24.0 Å². The van der Waals surface area contributed by atoms with Gasteiger partial charge < -0.3 is 14.8 Å². The number of likely N-dealkylation sites (tertiary alicyclic amines) is 1. The summed E-state index contributed by atoms with van der Waals surface area (Å²) in [4.78, 5) is 15.1. The molecule has 28 heavy (non-hydrogen) atoms. The van der Waals surface area contributed by atoms with Gasteiger partial charge in [-0.05, 0) is 67.7 Å². The Morgan fingerprint density at radius 1 is 1.04 bits per heavy atom. The van der Waals surface area contributed by atoms with Gasteiger partial charge in [0, 0.05) is 13.1 Å². The molecule has 1 N–H and O–H groups in total. The van der Waals surface area contributed by atoms with Gasteiger partial charge in [0.05, 0.1) is 7.11 Å². The topological polar surface area (TPSA) is 50.8 Å². The molecule has 2 aromatic rings. The fourth-order valence-electron chi connectivity index (χ4n) is 3.50. The Balaban J connectivity index is 1.57. The van der Waals surface area contributed by atoms with Crippen molar-refractivity contribution in [3.8, 4) is 11.5 Å². The first-order valence-corrected chi connectivity index (χ1v) is 10.1. The summed E-state index contributed by atoms with van der Waals surface area (Å²) in [6, 6.07) is 15.6. The van der Waals surface area contributed by atoms with E-state index in [-0.39, 0.29) is 5.91 Å². The molecule has 0 aliphatic carbocycles. The minimum Gasteiger partial charge on any atom is -0.497 e. The van der Waals surface area contributed by atoms with E-state index in [4.69, 9.17) is 9.47 Å². The largest absolute Gasteiger partial charge is 0.497 e. The number of amides is 1. The van der Waals surface area contributed by atoms with Gasteiger partial charge in [0.2, 0.25) is 0 Å². The molecule has 1 unspecified atom stereocenters. The molecule has 0 radical (unpaired) electrons. The van der Waals surface area contributed by atoms with E-state index >= 15 is 0 Å². The first kappa shape index (κ1) is 20.2. The van der Waals surface area contributed by atoms with Crippen LogP contribution in [0.25, 0.3) is 0 Å². The number of hydrogen-bond donors (Lipinski definition) is 1. The highest BCUT2D eigenvalue weighted by Gasteiger charge is 2.19. The second-order valence-electron chi connectivity index (χ2n) is 7.16. The molecule has 5 nitrogen and oxygen atoms in total. The van der Waals surface area contributed by atoms with E-state index in [1.54, 1.807) is 7.11 Å². The third-order valence-corrected chi connectivity index (χ3v) is 5.17. The van der Waals surface area contributed by atoms with Gasteiger partial charge in [-0.3, -0.25) is 9.69 Å². The highest BCUT2D eigenvalue weighted by molar-refractivity contribution is 5.81. The highest BCUT2D eigenvalue weighted by atomic mass is 16.5. The molecule has 3 rings (SSSR count). The average molecular weight is 383 g/mol. The molecule has 1 atom stereocenters. The fraction of sp³-hybridized carbons (Fsp3) is 0.435. The van der Waals surface area contributed by atoms with Crippen molar-refractivity contribution >= 4 is 5.91 Å². The van der Waals surface area contributed by atoms with Crippen molar-refractivity contribution in [3.63, 3.8) is 0 Å². The van der Waals surface area contributed by atoms with Gasteiger partial charge in [-0.25, -0.2) is 0 Å². The Kier molecular flexibility index (Phi) is 7.31. The zero-order valence-corrected chi connectivity index (χ0v) is 16.8. The lowest BCUT2D eigenvalue weighted by Crippen LogP contribution is -2.37. The standard InChI is InChI=1S/C23H30N2O3/c1-3-22(28-21-12-10-20(27-2)11-13-21)23(26)24-16-18-8-4-5-9-19(18)17-25-14-6-7-15-25/h4-5,8-13,22H,3,6-7,14-17H2,1-2H3,(H,24,26). The van der Waals surface area contributed by atoms with Crippen molar-refractivity contribution in [1.29, 1.82) is 0 Å². The summed E-state index contributed by atoms with van der Waals surface area (Å²) in [6.45, 7) is 5.74. The van der Waals surface area contributed by atoms with Gasteiger partial charge in [-0.15, -0.1) is 0 Å². The summed E-state index contributed by atoms with van der Waals surface area (Å²) >= 11 is 0. The molecule has 5 heteroatoms. The lowest BCUT2D eigenvalue weighted by molar-refractivity contribution is -0.128. The Hall–Kier alpha value is -2.53. The Labute approximate surface area is 167 Å². The summed E-state index contributed by atoms with van der Waals surface area (Å²) in [7, 11) is 1.62. The van der Waals surface area contributed by atoms with Crippen LogP contribution in [0.5, 0.6) is 11.5 Å². The quantitative estimate of drug-likeness (QED) is 0.717. The molecule has 1 fully saturated rings. The number of benzene rings is 2. The second kappa shape index (κ2) is 10.1. The normalized spacial score (nSPS) is 15.2. The van der Waals surface area contributed by atoms with E-state index in [9.17, 15) is 4.79 Å². The molecule has 1 amide bonds. The maximum Gasteiger partial charge on any atom is 0.261 e. The lowest BCUT2D eigenvalue weighted by Gasteiger charge is -2.20. The van der Waals surface area contributed by atoms with Gasteiger partial charge in [0.1, 0.15) is 11.5 Å². The first-order chi connectivity index (χ1) is 13.7.